The zero-order chi connectivity index (χ0) is 13.4. The molecule has 0 radical (unpaired) electrons. The van der Waals surface area contributed by atoms with Gasteiger partial charge in [-0.1, -0.05) is 22.9 Å². The summed E-state index contributed by atoms with van der Waals surface area (Å²) in [6.07, 6.45) is 4.77. The van der Waals surface area contributed by atoms with Gasteiger partial charge in [0.2, 0.25) is 0 Å². The molecule has 2 N–H and O–H groups in total. The predicted molar refractivity (Wildman–Crippen MR) is 82.4 cm³/mol. The molecule has 0 aliphatic heterocycles. The van der Waals surface area contributed by atoms with Gasteiger partial charge in [0.1, 0.15) is 5.82 Å². The zero-order valence-corrected chi connectivity index (χ0v) is 12.9. The lowest BCUT2D eigenvalue weighted by Crippen LogP contribution is -2.08. The van der Waals surface area contributed by atoms with Crippen molar-refractivity contribution in [3.63, 3.8) is 0 Å². The first-order valence-corrected chi connectivity index (χ1v) is 7.87. The molecule has 1 aliphatic carbocycles. The molecular weight excluding hydrogens is 302 g/mol. The Balaban J connectivity index is 2.04. The number of hydrogen-bond donors (Lipinski definition) is 1. The van der Waals surface area contributed by atoms with E-state index in [1.165, 1.54) is 24.2 Å². The van der Waals surface area contributed by atoms with Crippen molar-refractivity contribution in [1.29, 1.82) is 0 Å². The van der Waals surface area contributed by atoms with E-state index in [0.29, 0.717) is 12.0 Å². The van der Waals surface area contributed by atoms with E-state index in [9.17, 15) is 0 Å². The summed E-state index contributed by atoms with van der Waals surface area (Å²) >= 11 is 3.53. The van der Waals surface area contributed by atoms with Crippen LogP contribution >= 0.6 is 15.9 Å². The SMILES string of the molecule is CC(CCCN)c1nc2cc(Br)ccc2n1C1CC1. The first-order valence-electron chi connectivity index (χ1n) is 7.08. The van der Waals surface area contributed by atoms with Crippen molar-refractivity contribution in [1.82, 2.24) is 9.55 Å². The van der Waals surface area contributed by atoms with Gasteiger partial charge in [-0.3, -0.25) is 0 Å². The molecule has 3 nitrogen and oxygen atoms in total. The zero-order valence-electron chi connectivity index (χ0n) is 11.3. The number of nitrogens with zero attached hydrogens (tertiary/aromatic N) is 2. The van der Waals surface area contributed by atoms with E-state index >= 15 is 0 Å². The van der Waals surface area contributed by atoms with Crippen molar-refractivity contribution in [3.05, 3.63) is 28.5 Å². The Hall–Kier alpha value is -0.870. The van der Waals surface area contributed by atoms with Crippen LogP contribution in [0.3, 0.4) is 0 Å². The molecule has 0 amide bonds. The van der Waals surface area contributed by atoms with E-state index in [1.54, 1.807) is 0 Å². The largest absolute Gasteiger partial charge is 0.330 e. The average molecular weight is 322 g/mol. The first kappa shape index (κ1) is 13.1. The summed E-state index contributed by atoms with van der Waals surface area (Å²) in [6.45, 7) is 3.03. The molecule has 1 atom stereocenters. The first-order chi connectivity index (χ1) is 9.20. The van der Waals surface area contributed by atoms with Gasteiger partial charge in [-0.05, 0) is 50.4 Å². The van der Waals surface area contributed by atoms with Gasteiger partial charge in [-0.25, -0.2) is 4.98 Å². The van der Waals surface area contributed by atoms with Crippen LogP contribution in [-0.4, -0.2) is 16.1 Å². The quantitative estimate of drug-likeness (QED) is 0.905. The molecule has 1 unspecified atom stereocenters. The number of imidazole rings is 1. The summed E-state index contributed by atoms with van der Waals surface area (Å²) in [6, 6.07) is 7.08. The smallest absolute Gasteiger partial charge is 0.112 e. The van der Waals surface area contributed by atoms with Crippen molar-refractivity contribution >= 4 is 27.0 Å². The highest BCUT2D eigenvalue weighted by molar-refractivity contribution is 9.10. The van der Waals surface area contributed by atoms with Crippen LogP contribution in [0.1, 0.15) is 50.4 Å². The van der Waals surface area contributed by atoms with Gasteiger partial charge in [0.05, 0.1) is 11.0 Å². The Kier molecular flexibility index (Phi) is 3.63. The number of benzene rings is 1. The molecule has 102 valence electrons. The summed E-state index contributed by atoms with van der Waals surface area (Å²) < 4.78 is 3.56. The third-order valence-corrected chi connectivity index (χ3v) is 4.37. The molecule has 1 aliphatic rings. The second-order valence-corrected chi connectivity index (χ2v) is 6.45. The molecule has 4 heteroatoms. The monoisotopic (exact) mass is 321 g/mol. The van der Waals surface area contributed by atoms with Gasteiger partial charge in [0.25, 0.3) is 0 Å². The van der Waals surface area contributed by atoms with E-state index in [-0.39, 0.29) is 0 Å². The highest BCUT2D eigenvalue weighted by atomic mass is 79.9. The number of aromatic nitrogens is 2. The van der Waals surface area contributed by atoms with Gasteiger partial charge >= 0.3 is 0 Å². The Morgan fingerprint density at radius 1 is 1.47 bits per heavy atom. The van der Waals surface area contributed by atoms with E-state index in [1.807, 2.05) is 0 Å². The van der Waals surface area contributed by atoms with E-state index < -0.39 is 0 Å². The molecule has 19 heavy (non-hydrogen) atoms. The number of nitrogens with two attached hydrogens (primary N) is 1. The molecule has 1 aromatic heterocycles. The van der Waals surface area contributed by atoms with Crippen LogP contribution in [0.25, 0.3) is 11.0 Å². The highest BCUT2D eigenvalue weighted by Gasteiger charge is 2.29. The summed E-state index contributed by atoms with van der Waals surface area (Å²) in [5, 5.41) is 0. The van der Waals surface area contributed by atoms with Gasteiger partial charge in [-0.2, -0.15) is 0 Å². The van der Waals surface area contributed by atoms with Crippen molar-refractivity contribution in [3.8, 4) is 0 Å². The molecule has 0 saturated heterocycles. The van der Waals surface area contributed by atoms with Crippen LogP contribution in [0.15, 0.2) is 22.7 Å². The number of rotatable bonds is 5. The summed E-state index contributed by atoms with van der Waals surface area (Å²) in [5.74, 6) is 1.72. The van der Waals surface area contributed by atoms with E-state index in [0.717, 1.165) is 29.4 Å². The molecular formula is C15H20BrN3. The molecule has 1 saturated carbocycles. The number of halogens is 1. The standard InChI is InChI=1S/C15H20BrN3/c1-10(3-2-8-17)15-18-13-9-11(16)4-7-14(13)19(15)12-5-6-12/h4,7,9-10,12H,2-3,5-6,8,17H2,1H3. The van der Waals surface area contributed by atoms with Crippen LogP contribution < -0.4 is 5.73 Å². The van der Waals surface area contributed by atoms with Gasteiger partial charge in [0.15, 0.2) is 0 Å². The molecule has 2 aromatic rings. The predicted octanol–water partition coefficient (Wildman–Crippen LogP) is 3.98. The van der Waals surface area contributed by atoms with Crippen LogP contribution in [0, 0.1) is 0 Å². The number of fused-ring (bicyclic) bond motifs is 1. The Bertz CT molecular complexity index is 586. The van der Waals surface area contributed by atoms with Crippen molar-refractivity contribution in [2.75, 3.05) is 6.54 Å². The fraction of sp³-hybridized carbons (Fsp3) is 0.533. The van der Waals surface area contributed by atoms with Gasteiger partial charge < -0.3 is 10.3 Å². The summed E-state index contributed by atoms with van der Waals surface area (Å²) in [4.78, 5) is 4.88. The molecule has 3 rings (SSSR count). The van der Waals surface area contributed by atoms with E-state index in [4.69, 9.17) is 10.7 Å². The number of hydrogen-bond acceptors (Lipinski definition) is 2. The normalized spacial score (nSPS) is 17.0. The Labute approximate surface area is 122 Å². The van der Waals surface area contributed by atoms with Crippen molar-refractivity contribution in [2.45, 2.75) is 44.6 Å². The molecule has 1 aromatic carbocycles. The second-order valence-electron chi connectivity index (χ2n) is 5.54. The minimum Gasteiger partial charge on any atom is -0.330 e. The Morgan fingerprint density at radius 3 is 2.95 bits per heavy atom. The lowest BCUT2D eigenvalue weighted by Gasteiger charge is -2.13. The maximum Gasteiger partial charge on any atom is 0.112 e. The molecule has 1 heterocycles. The van der Waals surface area contributed by atoms with Crippen LogP contribution in [0.5, 0.6) is 0 Å². The van der Waals surface area contributed by atoms with Crippen LogP contribution in [0.2, 0.25) is 0 Å². The molecule has 0 spiro atoms. The van der Waals surface area contributed by atoms with Gasteiger partial charge in [0, 0.05) is 16.4 Å². The van der Waals surface area contributed by atoms with Crippen LogP contribution in [-0.2, 0) is 0 Å². The maximum atomic E-state index is 5.63. The third kappa shape index (κ3) is 2.56. The lowest BCUT2D eigenvalue weighted by molar-refractivity contribution is 0.570. The van der Waals surface area contributed by atoms with Crippen molar-refractivity contribution < 1.29 is 0 Å². The van der Waals surface area contributed by atoms with Gasteiger partial charge in [-0.15, -0.1) is 0 Å². The van der Waals surface area contributed by atoms with Crippen molar-refractivity contribution in [2.24, 2.45) is 5.73 Å². The fourth-order valence-electron chi connectivity index (χ4n) is 2.71. The third-order valence-electron chi connectivity index (χ3n) is 3.87. The average Bonchev–Trinajstić information content (AvgIpc) is 3.16. The lowest BCUT2D eigenvalue weighted by atomic mass is 10.0. The second kappa shape index (κ2) is 5.25. The fourth-order valence-corrected chi connectivity index (χ4v) is 3.06. The Morgan fingerprint density at radius 2 is 2.26 bits per heavy atom. The summed E-state index contributed by atoms with van der Waals surface area (Å²) in [5.41, 5.74) is 8.01. The maximum absolute atomic E-state index is 5.63. The minimum atomic E-state index is 0.482. The molecule has 0 bridgehead atoms. The van der Waals surface area contributed by atoms with E-state index in [2.05, 4.69) is 45.6 Å². The summed E-state index contributed by atoms with van der Waals surface area (Å²) in [7, 11) is 0. The topological polar surface area (TPSA) is 43.8 Å². The minimum absolute atomic E-state index is 0.482. The van der Waals surface area contributed by atoms with Crippen LogP contribution in [0.4, 0.5) is 0 Å². The highest BCUT2D eigenvalue weighted by Crippen LogP contribution is 2.41. The molecule has 1 fully saturated rings.